The Morgan fingerprint density at radius 3 is 1.96 bits per heavy atom. The fourth-order valence-corrected chi connectivity index (χ4v) is 10.4. The average molecular weight is 719 g/mol. The summed E-state index contributed by atoms with van der Waals surface area (Å²) in [6, 6.07) is 25.1. The molecule has 0 radical (unpaired) electrons. The van der Waals surface area contributed by atoms with Crippen molar-refractivity contribution in [1.29, 1.82) is 0 Å². The molecule has 4 aliphatic heterocycles. The normalized spacial score (nSPS) is 15.4. The lowest BCUT2D eigenvalue weighted by Gasteiger charge is -2.45. The maximum atomic E-state index is 6.33. The molecule has 10 rings (SSSR count). The van der Waals surface area contributed by atoms with Crippen LogP contribution in [0.1, 0.15) is 54.2 Å². The number of fused-ring (bicyclic) bond motifs is 8. The van der Waals surface area contributed by atoms with Crippen molar-refractivity contribution >= 4 is 78.0 Å². The van der Waals surface area contributed by atoms with E-state index < -0.39 is 0 Å². The van der Waals surface area contributed by atoms with Crippen LogP contribution in [-0.2, 0) is 5.41 Å². The van der Waals surface area contributed by atoms with E-state index in [1.807, 2.05) is 11.3 Å². The Kier molecular flexibility index (Phi) is 7.04. The summed E-state index contributed by atoms with van der Waals surface area (Å²) in [6.45, 7) is 20.2. The van der Waals surface area contributed by atoms with Gasteiger partial charge in [0.2, 0.25) is 0 Å². The van der Waals surface area contributed by atoms with Gasteiger partial charge in [-0.15, -0.1) is 11.3 Å². The average Bonchev–Trinajstić information content (AvgIpc) is 3.51. The first-order valence-electron chi connectivity index (χ1n) is 18.7. The zero-order valence-corrected chi connectivity index (χ0v) is 32.5. The fourth-order valence-electron chi connectivity index (χ4n) is 9.19. The zero-order valence-electron chi connectivity index (χ0n) is 31.7. The number of anilines is 6. The number of rotatable bonds is 2. The molecule has 8 heteroatoms. The van der Waals surface area contributed by atoms with Crippen LogP contribution >= 0.6 is 11.3 Å². The topological polar surface area (TPSA) is 43.4 Å². The van der Waals surface area contributed by atoms with E-state index in [1.165, 1.54) is 70.8 Å². The molecule has 266 valence electrons. The van der Waals surface area contributed by atoms with E-state index in [4.69, 9.17) is 18.9 Å². The predicted molar refractivity (Wildman–Crippen MR) is 220 cm³/mol. The van der Waals surface area contributed by atoms with Crippen molar-refractivity contribution in [2.24, 2.45) is 0 Å². The van der Waals surface area contributed by atoms with E-state index >= 15 is 0 Å². The summed E-state index contributed by atoms with van der Waals surface area (Å²) in [5.74, 6) is 3.27. The molecule has 6 nitrogen and oxygen atoms in total. The number of benzene rings is 5. The van der Waals surface area contributed by atoms with E-state index in [-0.39, 0.29) is 12.1 Å². The first-order valence-corrected chi connectivity index (χ1v) is 19.5. The minimum absolute atomic E-state index is 0.0297. The molecular weight excluding hydrogens is 675 g/mol. The molecule has 0 bridgehead atoms. The lowest BCUT2D eigenvalue weighted by atomic mass is 9.33. The smallest absolute Gasteiger partial charge is 0.254 e. The molecule has 0 N–H and O–H groups in total. The van der Waals surface area contributed by atoms with Crippen LogP contribution in [0.25, 0.3) is 10.1 Å². The van der Waals surface area contributed by atoms with Crippen molar-refractivity contribution in [3.8, 4) is 23.0 Å². The van der Waals surface area contributed by atoms with Crippen molar-refractivity contribution < 1.29 is 18.9 Å². The van der Waals surface area contributed by atoms with Crippen LogP contribution in [0.5, 0.6) is 23.0 Å². The van der Waals surface area contributed by atoms with Gasteiger partial charge >= 0.3 is 0 Å². The third-order valence-electron chi connectivity index (χ3n) is 11.4. The number of nitrogens with zero attached hydrogens (tertiary/aromatic N) is 2. The lowest BCUT2D eigenvalue weighted by molar-refractivity contribution is 0.170. The van der Waals surface area contributed by atoms with Gasteiger partial charge in [0, 0.05) is 33.4 Å². The van der Waals surface area contributed by atoms with Crippen molar-refractivity contribution in [3.05, 3.63) is 100 Å². The summed E-state index contributed by atoms with van der Waals surface area (Å²) in [4.78, 5) is 5.06. The Morgan fingerprint density at radius 2 is 1.25 bits per heavy atom. The Labute approximate surface area is 315 Å². The molecule has 0 fully saturated rings. The number of aryl methyl sites for hydroxylation is 4. The van der Waals surface area contributed by atoms with E-state index in [0.717, 1.165) is 45.5 Å². The van der Waals surface area contributed by atoms with E-state index in [0.29, 0.717) is 26.4 Å². The molecule has 5 aromatic carbocycles. The van der Waals surface area contributed by atoms with Crippen molar-refractivity contribution in [2.45, 2.75) is 60.8 Å². The van der Waals surface area contributed by atoms with Crippen molar-refractivity contribution in [2.75, 3.05) is 36.2 Å². The summed E-state index contributed by atoms with van der Waals surface area (Å²) in [7, 11) is 0. The van der Waals surface area contributed by atoms with Gasteiger partial charge in [0.25, 0.3) is 6.71 Å². The molecule has 4 aliphatic rings. The van der Waals surface area contributed by atoms with Crippen LogP contribution in [-0.4, -0.2) is 33.1 Å². The van der Waals surface area contributed by atoms with Crippen LogP contribution in [0.15, 0.2) is 66.7 Å². The lowest BCUT2D eigenvalue weighted by Crippen LogP contribution is -2.61. The maximum absolute atomic E-state index is 6.33. The fraction of sp³-hybridized carbons (Fsp3) is 0.289. The molecule has 5 heterocycles. The highest BCUT2D eigenvalue weighted by Gasteiger charge is 2.47. The number of hydrogen-bond donors (Lipinski definition) is 0. The molecule has 53 heavy (non-hydrogen) atoms. The van der Waals surface area contributed by atoms with Crippen LogP contribution in [0.4, 0.5) is 33.4 Å². The molecule has 0 saturated carbocycles. The Morgan fingerprint density at radius 1 is 0.623 bits per heavy atom. The summed E-state index contributed by atoms with van der Waals surface area (Å²) >= 11 is 1.87. The second-order valence-corrected chi connectivity index (χ2v) is 17.1. The molecule has 0 atom stereocenters. The van der Waals surface area contributed by atoms with Crippen LogP contribution in [0.2, 0.25) is 0 Å². The monoisotopic (exact) mass is 718 g/mol. The number of ether oxygens (including phenoxy) is 4. The highest BCUT2D eigenvalue weighted by atomic mass is 32.1. The Hall–Kier alpha value is -5.08. The minimum Gasteiger partial charge on any atom is -0.486 e. The summed E-state index contributed by atoms with van der Waals surface area (Å²) in [5, 5.41) is 2.52. The van der Waals surface area contributed by atoms with E-state index in [1.54, 1.807) is 0 Å². The quantitative estimate of drug-likeness (QED) is 0.166. The van der Waals surface area contributed by atoms with E-state index in [9.17, 15) is 0 Å². The highest BCUT2D eigenvalue weighted by molar-refractivity contribution is 7.26. The second kappa shape index (κ2) is 11.5. The van der Waals surface area contributed by atoms with Crippen molar-refractivity contribution in [3.63, 3.8) is 0 Å². The molecule has 0 spiro atoms. The second-order valence-electron chi connectivity index (χ2n) is 16.1. The minimum atomic E-state index is -0.0302. The number of hydrogen-bond acceptors (Lipinski definition) is 7. The van der Waals surface area contributed by atoms with Crippen molar-refractivity contribution in [1.82, 2.24) is 0 Å². The SMILES string of the molecule is Cc1cc2c3c(c1)N(c1c(C)cc4c(c1C)OCCO4)c1sc4ccccc4c1B3c1cc3c(cc1N2c1c(C)cc(C(C)(C)C)cc1C)OCCO3. The summed E-state index contributed by atoms with van der Waals surface area (Å²) in [5.41, 5.74) is 17.0. The predicted octanol–water partition coefficient (Wildman–Crippen LogP) is 9.37. The molecule has 0 saturated heterocycles. The standard InChI is InChI=1S/C45H43BN2O4S/c1-24-17-33-40-34(18-24)48(42-27(4)21-37-43(28(42)5)52-16-15-51-37)44-39(30-11-9-10-12-38(30)53-44)46(40)31-22-35-36(50-14-13-49-35)23-32(31)47(33)41-25(2)19-29(20-26(41)3)45(6,7)8/h9-12,17-23H,13-16H2,1-8H3. The molecule has 0 unspecified atom stereocenters. The third kappa shape index (κ3) is 4.70. The molecule has 0 amide bonds. The van der Waals surface area contributed by atoms with Gasteiger partial charge in [-0.05, 0) is 120 Å². The van der Waals surface area contributed by atoms with Gasteiger partial charge in [0.05, 0.1) is 16.4 Å². The summed E-state index contributed by atoms with van der Waals surface area (Å²) in [6.07, 6.45) is 0. The van der Waals surface area contributed by atoms with Gasteiger partial charge in [0.1, 0.15) is 26.4 Å². The third-order valence-corrected chi connectivity index (χ3v) is 12.6. The Bertz CT molecular complexity index is 2530. The Balaban J connectivity index is 1.34. The van der Waals surface area contributed by atoms with Crippen LogP contribution in [0.3, 0.4) is 0 Å². The number of thiophene rings is 1. The molecular formula is C45H43BN2O4S. The van der Waals surface area contributed by atoms with Gasteiger partial charge in [-0.2, -0.15) is 0 Å². The van der Waals surface area contributed by atoms with Crippen LogP contribution in [0, 0.1) is 34.6 Å². The van der Waals surface area contributed by atoms with Gasteiger partial charge in [-0.25, -0.2) is 0 Å². The first kappa shape index (κ1) is 32.6. The largest absolute Gasteiger partial charge is 0.486 e. The summed E-state index contributed by atoms with van der Waals surface area (Å²) < 4.78 is 26.4. The highest BCUT2D eigenvalue weighted by Crippen LogP contribution is 2.53. The van der Waals surface area contributed by atoms with Gasteiger partial charge < -0.3 is 28.7 Å². The maximum Gasteiger partial charge on any atom is 0.254 e. The van der Waals surface area contributed by atoms with Gasteiger partial charge in [-0.1, -0.05) is 51.1 Å². The molecule has 1 aromatic heterocycles. The van der Waals surface area contributed by atoms with Gasteiger partial charge in [-0.3, -0.25) is 0 Å². The zero-order chi connectivity index (χ0) is 36.5. The molecule has 6 aromatic rings. The van der Waals surface area contributed by atoms with Crippen LogP contribution < -0.4 is 45.1 Å². The first-order chi connectivity index (χ1) is 25.5. The van der Waals surface area contributed by atoms with E-state index in [2.05, 4.69) is 132 Å². The molecule has 0 aliphatic carbocycles. The van der Waals surface area contributed by atoms with Gasteiger partial charge in [0.15, 0.2) is 23.0 Å².